The van der Waals surface area contributed by atoms with Gasteiger partial charge in [-0.1, -0.05) is 69.2 Å². The second-order valence-electron chi connectivity index (χ2n) is 19.1. The van der Waals surface area contributed by atoms with Crippen LogP contribution in [0.25, 0.3) is 0 Å². The molecule has 4 saturated carbocycles. The zero-order chi connectivity index (χ0) is 33.1. The molecule has 0 aliphatic heterocycles. The molecule has 5 heteroatoms. The topological polar surface area (TPSA) is 72.5 Å². The number of rotatable bonds is 4. The van der Waals surface area contributed by atoms with Crippen molar-refractivity contribution in [3.63, 3.8) is 0 Å². The first-order valence-electron chi connectivity index (χ1n) is 17.8. The Kier molecular flexibility index (Phi) is 7.79. The molecule has 0 aromatic rings. The van der Waals surface area contributed by atoms with Gasteiger partial charge in [0.2, 0.25) is 5.91 Å². The molecule has 4 fully saturated rings. The van der Waals surface area contributed by atoms with Gasteiger partial charge in [0.1, 0.15) is 6.10 Å². The molecular weight excluding hydrogens is 546 g/mol. The number of carbonyl (C=O) groups excluding carboxylic acids is 3. The van der Waals surface area contributed by atoms with Gasteiger partial charge in [-0.25, -0.2) is 0 Å². The predicted octanol–water partition coefficient (Wildman–Crippen LogP) is 8.84. The maximum Gasteiger partial charge on any atom is 0.302 e. The van der Waals surface area contributed by atoms with Crippen LogP contribution in [0.15, 0.2) is 11.1 Å². The Morgan fingerprint density at radius 2 is 1.48 bits per heavy atom. The molecule has 0 saturated heterocycles. The first-order chi connectivity index (χ1) is 20.0. The van der Waals surface area contributed by atoms with Gasteiger partial charge in [-0.2, -0.15) is 0 Å². The predicted molar refractivity (Wildman–Crippen MR) is 177 cm³/mol. The summed E-state index contributed by atoms with van der Waals surface area (Å²) in [6.07, 6.45) is 8.53. The fourth-order valence-electron chi connectivity index (χ4n) is 11.9. The van der Waals surface area contributed by atoms with E-state index in [4.69, 9.17) is 4.74 Å². The fourth-order valence-corrected chi connectivity index (χ4v) is 11.9. The van der Waals surface area contributed by atoms with Crippen LogP contribution in [0.2, 0.25) is 0 Å². The quantitative estimate of drug-likeness (QED) is 0.323. The molecular formula is C39H63NO4. The van der Waals surface area contributed by atoms with Crippen molar-refractivity contribution >= 4 is 17.7 Å². The van der Waals surface area contributed by atoms with Gasteiger partial charge in [-0.05, 0) is 122 Å². The number of hydrogen-bond acceptors (Lipinski definition) is 4. The monoisotopic (exact) mass is 609 g/mol. The number of Topliss-reactive ketones (excluding diaryl/α,β-unsaturated/α-hetero) is 1. The summed E-state index contributed by atoms with van der Waals surface area (Å²) in [6.45, 7) is 29.0. The normalized spacial score (nSPS) is 41.8. The Hall–Kier alpha value is -1.65. The molecule has 1 N–H and O–H groups in total. The van der Waals surface area contributed by atoms with E-state index in [2.05, 4.69) is 88.4 Å². The number of esters is 1. The zero-order valence-corrected chi connectivity index (χ0v) is 30.4. The second kappa shape index (κ2) is 10.2. The molecule has 3 unspecified atom stereocenters. The van der Waals surface area contributed by atoms with Crippen LogP contribution in [-0.4, -0.2) is 29.3 Å². The largest absolute Gasteiger partial charge is 0.462 e. The van der Waals surface area contributed by atoms with Crippen LogP contribution in [0.3, 0.4) is 0 Å². The molecule has 5 aliphatic carbocycles. The van der Waals surface area contributed by atoms with Gasteiger partial charge < -0.3 is 10.1 Å². The lowest BCUT2D eigenvalue weighted by Crippen LogP contribution is -2.66. The van der Waals surface area contributed by atoms with E-state index < -0.39 is 11.0 Å². The Labute approximate surface area is 268 Å². The minimum absolute atomic E-state index is 0.0180. The van der Waals surface area contributed by atoms with Crippen molar-refractivity contribution in [1.82, 2.24) is 5.32 Å². The van der Waals surface area contributed by atoms with Gasteiger partial charge in [-0.15, -0.1) is 0 Å². The van der Waals surface area contributed by atoms with Gasteiger partial charge in [0, 0.05) is 24.3 Å². The van der Waals surface area contributed by atoms with Crippen LogP contribution in [-0.2, 0) is 19.1 Å². The molecule has 0 aromatic carbocycles. The van der Waals surface area contributed by atoms with Crippen molar-refractivity contribution in [3.8, 4) is 0 Å². The van der Waals surface area contributed by atoms with E-state index in [1.165, 1.54) is 5.57 Å². The van der Waals surface area contributed by atoms with Crippen molar-refractivity contribution in [3.05, 3.63) is 11.1 Å². The van der Waals surface area contributed by atoms with Gasteiger partial charge in [-0.3, -0.25) is 14.4 Å². The van der Waals surface area contributed by atoms with Crippen LogP contribution in [0.5, 0.6) is 0 Å². The van der Waals surface area contributed by atoms with Gasteiger partial charge >= 0.3 is 5.97 Å². The Morgan fingerprint density at radius 3 is 2.05 bits per heavy atom. The average molecular weight is 610 g/mol. The number of ether oxygens (including phenoxy) is 1. The molecule has 0 heterocycles. The van der Waals surface area contributed by atoms with Gasteiger partial charge in [0.05, 0.1) is 5.41 Å². The third-order valence-electron chi connectivity index (χ3n) is 15.4. The van der Waals surface area contributed by atoms with E-state index in [0.717, 1.165) is 56.9 Å². The highest BCUT2D eigenvalue weighted by Gasteiger charge is 2.71. The zero-order valence-electron chi connectivity index (χ0n) is 30.4. The number of nitrogens with one attached hydrogen (secondary N) is 1. The number of ketones is 1. The highest BCUT2D eigenvalue weighted by atomic mass is 16.5. The van der Waals surface area contributed by atoms with Gasteiger partial charge in [0.15, 0.2) is 5.78 Å². The number of allylic oxidation sites excluding steroid dienone is 1. The molecule has 5 aliphatic rings. The summed E-state index contributed by atoms with van der Waals surface area (Å²) in [5.74, 6) is 1.54. The summed E-state index contributed by atoms with van der Waals surface area (Å²) in [5, 5.41) is 3.49. The minimum atomic E-state index is -0.724. The molecule has 248 valence electrons. The Bertz CT molecular complexity index is 1270. The molecule has 0 bridgehead atoms. The highest BCUT2D eigenvalue weighted by Crippen LogP contribution is 2.76. The molecule has 0 radical (unpaired) electrons. The first-order valence-corrected chi connectivity index (χ1v) is 17.8. The number of amides is 1. The van der Waals surface area contributed by atoms with E-state index in [1.54, 1.807) is 6.92 Å². The van der Waals surface area contributed by atoms with E-state index in [9.17, 15) is 14.4 Å². The maximum atomic E-state index is 14.6. The molecule has 5 nitrogen and oxygen atoms in total. The third kappa shape index (κ3) is 4.46. The summed E-state index contributed by atoms with van der Waals surface area (Å²) < 4.78 is 5.93. The van der Waals surface area contributed by atoms with Crippen molar-refractivity contribution in [1.29, 1.82) is 0 Å². The third-order valence-corrected chi connectivity index (χ3v) is 15.4. The molecule has 0 spiro atoms. The molecule has 44 heavy (non-hydrogen) atoms. The number of hydrogen-bond donors (Lipinski definition) is 1. The van der Waals surface area contributed by atoms with Crippen molar-refractivity contribution in [2.75, 3.05) is 0 Å². The van der Waals surface area contributed by atoms with Crippen LogP contribution in [0.1, 0.15) is 148 Å². The van der Waals surface area contributed by atoms with Crippen molar-refractivity contribution in [2.24, 2.45) is 56.2 Å². The standard InChI is InChI=1S/C39H63NO4/c1-23(2)30-26(42)22-39(32(43)40-35(9,10)33(4,5)6)21-20-37(12)25(31(30)39)14-15-28-36(11)18-17-29(44-24(3)41)34(7,8)27(36)16-19-38(28,37)13/h23,25,27-29H,14-22H2,1-13H3,(H,40,43)/t25?,27?,28?,29-,36-,37+,38+,39+/m0/s1. The summed E-state index contributed by atoms with van der Waals surface area (Å²) in [7, 11) is 0. The smallest absolute Gasteiger partial charge is 0.302 e. The lowest BCUT2D eigenvalue weighted by molar-refractivity contribution is -0.232. The molecule has 1 amide bonds. The van der Waals surface area contributed by atoms with Crippen LogP contribution < -0.4 is 5.32 Å². The van der Waals surface area contributed by atoms with Gasteiger partial charge in [0.25, 0.3) is 0 Å². The van der Waals surface area contributed by atoms with E-state index in [1.807, 2.05) is 0 Å². The van der Waals surface area contributed by atoms with E-state index in [0.29, 0.717) is 18.3 Å². The minimum Gasteiger partial charge on any atom is -0.462 e. The molecule has 8 atom stereocenters. The summed E-state index contributed by atoms with van der Waals surface area (Å²) in [6, 6.07) is 0. The fraction of sp³-hybridized carbons (Fsp3) is 0.872. The van der Waals surface area contributed by atoms with E-state index in [-0.39, 0.29) is 62.7 Å². The molecule has 0 aromatic heterocycles. The van der Waals surface area contributed by atoms with Crippen molar-refractivity contribution < 1.29 is 19.1 Å². The SMILES string of the molecule is CC(=O)O[C@H]1CC[C@@]2(C)C(CC[C@]3(C)C2CCC2C4=C(C(C)C)C(=O)C[C@]4(C(=O)NC(C)(C)C(C)(C)C)CC[C@]23C)C1(C)C. The number of carbonyl (C=O) groups is 3. The Balaban J connectivity index is 1.56. The number of fused-ring (bicyclic) bond motifs is 7. The van der Waals surface area contributed by atoms with Crippen molar-refractivity contribution in [2.45, 2.75) is 159 Å². The Morgan fingerprint density at radius 1 is 0.841 bits per heavy atom. The van der Waals surface area contributed by atoms with Crippen LogP contribution in [0.4, 0.5) is 0 Å². The molecule has 5 rings (SSSR count). The lowest BCUT2D eigenvalue weighted by atomic mass is 9.33. The van der Waals surface area contributed by atoms with Crippen LogP contribution >= 0.6 is 0 Å². The average Bonchev–Trinajstić information content (AvgIpc) is 3.18. The summed E-state index contributed by atoms with van der Waals surface area (Å²) >= 11 is 0. The maximum absolute atomic E-state index is 14.6. The summed E-state index contributed by atoms with van der Waals surface area (Å²) in [4.78, 5) is 40.6. The summed E-state index contributed by atoms with van der Waals surface area (Å²) in [5.41, 5.74) is 1.18. The highest BCUT2D eigenvalue weighted by molar-refractivity contribution is 6.07. The first kappa shape index (κ1) is 33.7. The lowest BCUT2D eigenvalue weighted by Gasteiger charge is -2.72. The van der Waals surface area contributed by atoms with E-state index >= 15 is 0 Å². The second-order valence-corrected chi connectivity index (χ2v) is 19.1. The van der Waals surface area contributed by atoms with Crippen LogP contribution in [0, 0.1) is 56.2 Å².